The number of nitrogens with zero attached hydrogens (tertiary/aromatic N) is 5. The molecule has 2 aromatic rings. The van der Waals surface area contributed by atoms with Gasteiger partial charge in [0.05, 0.1) is 22.1 Å². The summed E-state index contributed by atoms with van der Waals surface area (Å²) in [6.45, 7) is 2.05. The molecule has 0 aliphatic heterocycles. The minimum Gasteiger partial charge on any atom is -0.386 e. The highest BCUT2D eigenvalue weighted by atomic mass is 79.9. The summed E-state index contributed by atoms with van der Waals surface area (Å²) in [4.78, 5) is 1.44. The molecule has 2 aromatic heterocycles. The van der Waals surface area contributed by atoms with E-state index in [4.69, 9.17) is 0 Å². The number of aliphatic hydroxyl groups excluding tert-OH is 1. The molecule has 0 aliphatic carbocycles. The van der Waals surface area contributed by atoms with Gasteiger partial charge >= 0.3 is 0 Å². The van der Waals surface area contributed by atoms with Crippen molar-refractivity contribution in [3.8, 4) is 0 Å². The van der Waals surface area contributed by atoms with E-state index in [1.54, 1.807) is 17.9 Å². The third kappa shape index (κ3) is 2.46. The van der Waals surface area contributed by atoms with Crippen LogP contribution in [0.2, 0.25) is 0 Å². The minimum atomic E-state index is -0.671. The lowest BCUT2D eigenvalue weighted by Gasteiger charge is -2.08. The van der Waals surface area contributed by atoms with Gasteiger partial charge in [0.2, 0.25) is 0 Å². The zero-order chi connectivity index (χ0) is 13.3. The summed E-state index contributed by atoms with van der Waals surface area (Å²) in [6, 6.07) is 0. The van der Waals surface area contributed by atoms with Gasteiger partial charge in [0.1, 0.15) is 11.8 Å². The predicted molar refractivity (Wildman–Crippen MR) is 70.0 cm³/mol. The van der Waals surface area contributed by atoms with Crippen LogP contribution in [-0.2, 0) is 26.9 Å². The summed E-state index contributed by atoms with van der Waals surface area (Å²) in [6.07, 6.45) is 2.23. The number of hydrogen-bond acceptors (Lipinski definition) is 4. The maximum absolute atomic E-state index is 10.1. The molecule has 6 nitrogen and oxygen atoms in total. The Morgan fingerprint density at radius 3 is 2.61 bits per heavy atom. The molecule has 2 rings (SSSR count). The van der Waals surface area contributed by atoms with Crippen LogP contribution in [-0.4, -0.2) is 29.9 Å². The number of aromatic nitrogens is 5. The maximum Gasteiger partial charge on any atom is 0.112 e. The first-order valence-corrected chi connectivity index (χ1v) is 6.56. The lowest BCUT2D eigenvalue weighted by molar-refractivity contribution is 0.170. The largest absolute Gasteiger partial charge is 0.386 e. The van der Waals surface area contributed by atoms with Crippen molar-refractivity contribution in [2.75, 3.05) is 0 Å². The van der Waals surface area contributed by atoms with E-state index in [1.165, 1.54) is 4.80 Å². The molecule has 2 heterocycles. The van der Waals surface area contributed by atoms with Crippen LogP contribution in [0.5, 0.6) is 0 Å². The molecule has 18 heavy (non-hydrogen) atoms. The van der Waals surface area contributed by atoms with Gasteiger partial charge in [-0.25, -0.2) is 0 Å². The maximum atomic E-state index is 10.1. The van der Waals surface area contributed by atoms with Crippen LogP contribution < -0.4 is 0 Å². The second-order valence-electron chi connectivity index (χ2n) is 4.16. The van der Waals surface area contributed by atoms with Crippen LogP contribution in [0.15, 0.2) is 10.7 Å². The number of rotatable bonds is 4. The highest BCUT2D eigenvalue weighted by molar-refractivity contribution is 9.10. The van der Waals surface area contributed by atoms with Crippen molar-refractivity contribution in [3.63, 3.8) is 0 Å². The topological polar surface area (TPSA) is 68.8 Å². The van der Waals surface area contributed by atoms with Gasteiger partial charge < -0.3 is 5.11 Å². The van der Waals surface area contributed by atoms with Gasteiger partial charge in [-0.05, 0) is 22.4 Å². The Morgan fingerprint density at radius 1 is 1.39 bits per heavy atom. The fourth-order valence-electron chi connectivity index (χ4n) is 1.84. The van der Waals surface area contributed by atoms with E-state index in [9.17, 15) is 5.11 Å². The highest BCUT2D eigenvalue weighted by Gasteiger charge is 2.19. The highest BCUT2D eigenvalue weighted by Crippen LogP contribution is 2.25. The smallest absolute Gasteiger partial charge is 0.112 e. The van der Waals surface area contributed by atoms with Crippen molar-refractivity contribution in [1.82, 2.24) is 24.8 Å². The molecule has 7 heteroatoms. The molecular weight excluding hydrogens is 298 g/mol. The van der Waals surface area contributed by atoms with Gasteiger partial charge in [0.15, 0.2) is 0 Å². The molecule has 98 valence electrons. The summed E-state index contributed by atoms with van der Waals surface area (Å²) in [5.41, 5.74) is 2.53. The molecule has 0 spiro atoms. The van der Waals surface area contributed by atoms with Crippen molar-refractivity contribution in [1.29, 1.82) is 0 Å². The summed E-state index contributed by atoms with van der Waals surface area (Å²) in [7, 11) is 3.61. The Bertz CT molecular complexity index is 548. The summed E-state index contributed by atoms with van der Waals surface area (Å²) in [5.74, 6) is 0. The monoisotopic (exact) mass is 313 g/mol. The molecule has 0 radical (unpaired) electrons. The Balaban J connectivity index is 2.21. The molecule has 0 aromatic carbocycles. The fourth-order valence-corrected chi connectivity index (χ4v) is 2.62. The first-order valence-electron chi connectivity index (χ1n) is 5.77. The standard InChI is InChI=1S/C11H16BrN5O/c1-4-7-11(12)9(16(2)14-7)5-10(18)8-6-13-17(3)15-8/h6,10,18H,4-5H2,1-3H3. The predicted octanol–water partition coefficient (Wildman–Crippen LogP) is 1.15. The van der Waals surface area contributed by atoms with Crippen molar-refractivity contribution in [2.45, 2.75) is 25.9 Å². The number of halogens is 1. The molecule has 0 fully saturated rings. The summed E-state index contributed by atoms with van der Waals surface area (Å²) in [5, 5.41) is 22.6. The second kappa shape index (κ2) is 5.19. The first kappa shape index (κ1) is 13.2. The molecule has 0 amide bonds. The first-order chi connectivity index (χ1) is 8.52. The van der Waals surface area contributed by atoms with E-state index in [2.05, 4.69) is 38.1 Å². The van der Waals surface area contributed by atoms with Crippen molar-refractivity contribution < 1.29 is 5.11 Å². The second-order valence-corrected chi connectivity index (χ2v) is 4.96. The third-order valence-corrected chi connectivity index (χ3v) is 3.76. The van der Waals surface area contributed by atoms with Gasteiger partial charge in [-0.15, -0.1) is 0 Å². The molecule has 1 N–H and O–H groups in total. The molecule has 1 unspecified atom stereocenters. The van der Waals surface area contributed by atoms with E-state index in [-0.39, 0.29) is 0 Å². The van der Waals surface area contributed by atoms with Crippen LogP contribution in [0.3, 0.4) is 0 Å². The average Bonchev–Trinajstić information content (AvgIpc) is 2.87. The Hall–Kier alpha value is -1.21. The Morgan fingerprint density at radius 2 is 2.11 bits per heavy atom. The van der Waals surface area contributed by atoms with Gasteiger partial charge in [-0.1, -0.05) is 6.92 Å². The van der Waals surface area contributed by atoms with Gasteiger partial charge in [-0.2, -0.15) is 20.1 Å². The molecule has 1 atom stereocenters. The summed E-state index contributed by atoms with van der Waals surface area (Å²) >= 11 is 3.53. The molecule has 0 bridgehead atoms. The quantitative estimate of drug-likeness (QED) is 0.919. The Labute approximate surface area is 114 Å². The van der Waals surface area contributed by atoms with Crippen LogP contribution in [0.1, 0.15) is 30.1 Å². The van der Waals surface area contributed by atoms with Crippen molar-refractivity contribution >= 4 is 15.9 Å². The van der Waals surface area contributed by atoms with Crippen LogP contribution in [0, 0.1) is 0 Å². The zero-order valence-corrected chi connectivity index (χ0v) is 12.2. The fraction of sp³-hybridized carbons (Fsp3) is 0.545. The normalized spacial score (nSPS) is 12.9. The lowest BCUT2D eigenvalue weighted by atomic mass is 10.1. The van der Waals surface area contributed by atoms with Gasteiger partial charge in [-0.3, -0.25) is 4.68 Å². The number of aryl methyl sites for hydroxylation is 3. The van der Waals surface area contributed by atoms with E-state index in [0.29, 0.717) is 12.1 Å². The van der Waals surface area contributed by atoms with Crippen LogP contribution in [0.4, 0.5) is 0 Å². The lowest BCUT2D eigenvalue weighted by Crippen LogP contribution is -2.08. The minimum absolute atomic E-state index is 0.461. The van der Waals surface area contributed by atoms with Crippen LogP contribution >= 0.6 is 15.9 Å². The molecule has 0 aliphatic rings. The van der Waals surface area contributed by atoms with E-state index >= 15 is 0 Å². The van der Waals surface area contributed by atoms with Gasteiger partial charge in [0.25, 0.3) is 0 Å². The number of hydrogen-bond donors (Lipinski definition) is 1. The SMILES string of the molecule is CCc1nn(C)c(CC(O)c2cnn(C)n2)c1Br. The number of aliphatic hydroxyl groups is 1. The molecular formula is C11H16BrN5O. The van der Waals surface area contributed by atoms with Crippen molar-refractivity contribution in [2.24, 2.45) is 14.1 Å². The summed E-state index contributed by atoms with van der Waals surface area (Å²) < 4.78 is 2.76. The average molecular weight is 314 g/mol. The van der Waals surface area contributed by atoms with E-state index < -0.39 is 6.10 Å². The van der Waals surface area contributed by atoms with E-state index in [1.807, 2.05) is 7.05 Å². The van der Waals surface area contributed by atoms with Crippen LogP contribution in [0.25, 0.3) is 0 Å². The third-order valence-electron chi connectivity index (χ3n) is 2.85. The van der Waals surface area contributed by atoms with Gasteiger partial charge in [0, 0.05) is 20.5 Å². The van der Waals surface area contributed by atoms with Crippen molar-refractivity contribution in [3.05, 3.63) is 27.8 Å². The molecule has 0 saturated heterocycles. The molecule has 0 saturated carbocycles. The van der Waals surface area contributed by atoms with E-state index in [0.717, 1.165) is 22.3 Å². The Kier molecular flexibility index (Phi) is 3.82. The zero-order valence-electron chi connectivity index (χ0n) is 10.6.